The third-order valence-corrected chi connectivity index (χ3v) is 5.88. The summed E-state index contributed by atoms with van der Waals surface area (Å²) < 4.78 is 37.5. The van der Waals surface area contributed by atoms with Gasteiger partial charge in [-0.2, -0.15) is 0 Å². The summed E-state index contributed by atoms with van der Waals surface area (Å²) in [5.74, 6) is 0.0704. The van der Waals surface area contributed by atoms with Crippen LogP contribution in [0.4, 0.5) is 5.69 Å². The molecule has 9 heteroatoms. The van der Waals surface area contributed by atoms with Gasteiger partial charge in [-0.25, -0.2) is 8.42 Å². The van der Waals surface area contributed by atoms with Crippen molar-refractivity contribution in [3.63, 3.8) is 0 Å². The largest absolute Gasteiger partial charge is 0.497 e. The molecule has 7 nitrogen and oxygen atoms in total. The van der Waals surface area contributed by atoms with Crippen LogP contribution in [0.25, 0.3) is 0 Å². The van der Waals surface area contributed by atoms with Gasteiger partial charge in [0, 0.05) is 18.2 Å². The van der Waals surface area contributed by atoms with Crippen molar-refractivity contribution in [1.82, 2.24) is 5.32 Å². The molecule has 2 aromatic carbocycles. The van der Waals surface area contributed by atoms with Crippen molar-refractivity contribution in [3.05, 3.63) is 53.6 Å². The van der Waals surface area contributed by atoms with Crippen LogP contribution in [0.5, 0.6) is 5.75 Å². The SMILES string of the molecule is COC[C@@H](C)NC(=O)CN(c1cccc(Cl)c1)S(=O)(=O)c1ccc(OC)cc1. The molecule has 1 atom stereocenters. The van der Waals surface area contributed by atoms with Crippen molar-refractivity contribution >= 4 is 33.2 Å². The van der Waals surface area contributed by atoms with Crippen LogP contribution in [-0.2, 0) is 19.6 Å². The van der Waals surface area contributed by atoms with Gasteiger partial charge in [-0.15, -0.1) is 0 Å². The van der Waals surface area contributed by atoms with Gasteiger partial charge in [-0.1, -0.05) is 17.7 Å². The van der Waals surface area contributed by atoms with E-state index in [0.29, 0.717) is 17.4 Å². The molecule has 0 saturated carbocycles. The topological polar surface area (TPSA) is 84.9 Å². The van der Waals surface area contributed by atoms with Gasteiger partial charge in [0.15, 0.2) is 0 Å². The molecule has 2 aromatic rings. The number of sulfonamides is 1. The maximum Gasteiger partial charge on any atom is 0.264 e. The van der Waals surface area contributed by atoms with Gasteiger partial charge in [0.1, 0.15) is 12.3 Å². The van der Waals surface area contributed by atoms with Crippen molar-refractivity contribution in [2.24, 2.45) is 0 Å². The molecule has 0 aliphatic carbocycles. The Kier molecular flexibility index (Phi) is 7.68. The molecular formula is C19H23ClN2O5S. The Morgan fingerprint density at radius 2 is 1.86 bits per heavy atom. The zero-order valence-electron chi connectivity index (χ0n) is 15.9. The summed E-state index contributed by atoms with van der Waals surface area (Å²) in [5, 5.41) is 3.08. The third-order valence-electron chi connectivity index (χ3n) is 3.85. The number of halogens is 1. The molecule has 28 heavy (non-hydrogen) atoms. The Bertz CT molecular complexity index is 903. The van der Waals surface area contributed by atoms with E-state index in [-0.39, 0.29) is 16.6 Å². The fourth-order valence-corrected chi connectivity index (χ4v) is 4.16. The number of rotatable bonds is 9. The minimum atomic E-state index is -4.01. The van der Waals surface area contributed by atoms with E-state index in [1.807, 2.05) is 0 Å². The lowest BCUT2D eigenvalue weighted by atomic mass is 10.3. The number of methoxy groups -OCH3 is 2. The molecular weight excluding hydrogens is 404 g/mol. The Hall–Kier alpha value is -2.29. The van der Waals surface area contributed by atoms with Gasteiger partial charge in [0.2, 0.25) is 5.91 Å². The highest BCUT2D eigenvalue weighted by molar-refractivity contribution is 7.92. The number of carbonyl (C=O) groups excluding carboxylic acids is 1. The first-order valence-corrected chi connectivity index (χ1v) is 10.3. The molecule has 0 radical (unpaired) electrons. The van der Waals surface area contributed by atoms with Crippen LogP contribution in [0.3, 0.4) is 0 Å². The summed E-state index contributed by atoms with van der Waals surface area (Å²) in [5.41, 5.74) is 0.290. The van der Waals surface area contributed by atoms with E-state index < -0.39 is 22.5 Å². The molecule has 0 fully saturated rings. The van der Waals surface area contributed by atoms with Gasteiger partial charge in [0.05, 0.1) is 24.3 Å². The van der Waals surface area contributed by atoms with Crippen LogP contribution in [0.1, 0.15) is 6.92 Å². The quantitative estimate of drug-likeness (QED) is 0.666. The smallest absolute Gasteiger partial charge is 0.264 e. The second kappa shape index (κ2) is 9.77. The molecule has 152 valence electrons. The Morgan fingerprint density at radius 1 is 1.18 bits per heavy atom. The van der Waals surface area contributed by atoms with Crippen molar-refractivity contribution in [2.45, 2.75) is 17.9 Å². The van der Waals surface area contributed by atoms with Gasteiger partial charge in [0.25, 0.3) is 10.0 Å². The van der Waals surface area contributed by atoms with E-state index in [9.17, 15) is 13.2 Å². The summed E-state index contributed by atoms with van der Waals surface area (Å²) in [7, 11) is -0.996. The van der Waals surface area contributed by atoms with Crippen molar-refractivity contribution in [3.8, 4) is 5.75 Å². The first kappa shape index (κ1) is 22.0. The van der Waals surface area contributed by atoms with Crippen molar-refractivity contribution in [2.75, 3.05) is 31.7 Å². The lowest BCUT2D eigenvalue weighted by Gasteiger charge is -2.25. The number of hydrogen-bond acceptors (Lipinski definition) is 5. The fourth-order valence-electron chi connectivity index (χ4n) is 2.56. The number of hydrogen-bond donors (Lipinski definition) is 1. The Labute approximate surface area is 170 Å². The van der Waals surface area contributed by atoms with E-state index in [4.69, 9.17) is 21.1 Å². The van der Waals surface area contributed by atoms with Gasteiger partial charge >= 0.3 is 0 Å². The van der Waals surface area contributed by atoms with E-state index in [1.54, 1.807) is 37.3 Å². The minimum absolute atomic E-state index is 0.0333. The van der Waals surface area contributed by atoms with E-state index >= 15 is 0 Å². The average molecular weight is 427 g/mol. The summed E-state index contributed by atoms with van der Waals surface area (Å²) in [6.07, 6.45) is 0. The fraction of sp³-hybridized carbons (Fsp3) is 0.316. The molecule has 2 rings (SSSR count). The predicted octanol–water partition coefficient (Wildman–Crippen LogP) is 2.70. The zero-order valence-corrected chi connectivity index (χ0v) is 17.5. The molecule has 0 saturated heterocycles. The summed E-state index contributed by atoms with van der Waals surface area (Å²) >= 11 is 6.03. The number of ether oxygens (including phenoxy) is 2. The van der Waals surface area contributed by atoms with Crippen LogP contribution in [0.2, 0.25) is 5.02 Å². The molecule has 0 bridgehead atoms. The van der Waals surface area contributed by atoms with E-state index in [2.05, 4.69) is 5.32 Å². The zero-order chi connectivity index (χ0) is 20.7. The molecule has 0 heterocycles. The second-order valence-electron chi connectivity index (χ2n) is 6.09. The third kappa shape index (κ3) is 5.60. The summed E-state index contributed by atoms with van der Waals surface area (Å²) in [6, 6.07) is 12.0. The van der Waals surface area contributed by atoms with Crippen LogP contribution in [0.15, 0.2) is 53.4 Å². The number of nitrogens with one attached hydrogen (secondary N) is 1. The number of nitrogens with zero attached hydrogens (tertiary/aromatic N) is 1. The molecule has 0 spiro atoms. The molecule has 1 amide bonds. The van der Waals surface area contributed by atoms with Crippen LogP contribution in [-0.4, -0.2) is 47.7 Å². The standard InChI is InChI=1S/C19H23ClN2O5S/c1-14(13-26-2)21-19(23)12-22(16-6-4-5-15(20)11-16)28(24,25)18-9-7-17(27-3)8-10-18/h4-11,14H,12-13H2,1-3H3,(H,21,23)/t14-/m1/s1. The number of carbonyl (C=O) groups is 1. The van der Waals surface area contributed by atoms with E-state index in [0.717, 1.165) is 4.31 Å². The maximum atomic E-state index is 13.2. The lowest BCUT2D eigenvalue weighted by molar-refractivity contribution is -0.120. The number of benzene rings is 2. The highest BCUT2D eigenvalue weighted by atomic mass is 35.5. The lowest BCUT2D eigenvalue weighted by Crippen LogP contribution is -2.44. The minimum Gasteiger partial charge on any atom is -0.497 e. The monoisotopic (exact) mass is 426 g/mol. The Morgan fingerprint density at radius 3 is 2.43 bits per heavy atom. The molecule has 0 aromatic heterocycles. The highest BCUT2D eigenvalue weighted by Crippen LogP contribution is 2.27. The molecule has 1 N–H and O–H groups in total. The molecule has 0 aliphatic rings. The Balaban J connectivity index is 2.38. The van der Waals surface area contributed by atoms with Gasteiger partial charge < -0.3 is 14.8 Å². The van der Waals surface area contributed by atoms with Crippen LogP contribution < -0.4 is 14.4 Å². The number of anilines is 1. The van der Waals surface area contributed by atoms with Crippen LogP contribution in [0, 0.1) is 0 Å². The van der Waals surface area contributed by atoms with Crippen molar-refractivity contribution < 1.29 is 22.7 Å². The van der Waals surface area contributed by atoms with E-state index in [1.165, 1.54) is 32.4 Å². The van der Waals surface area contributed by atoms with Crippen LogP contribution >= 0.6 is 11.6 Å². The number of amides is 1. The van der Waals surface area contributed by atoms with Crippen molar-refractivity contribution in [1.29, 1.82) is 0 Å². The summed E-state index contributed by atoms with van der Waals surface area (Å²) in [6.45, 7) is 1.68. The summed E-state index contributed by atoms with van der Waals surface area (Å²) in [4.78, 5) is 12.5. The predicted molar refractivity (Wildman–Crippen MR) is 108 cm³/mol. The maximum absolute atomic E-state index is 13.2. The second-order valence-corrected chi connectivity index (χ2v) is 8.39. The molecule has 0 unspecified atom stereocenters. The molecule has 0 aliphatic heterocycles. The van der Waals surface area contributed by atoms with Gasteiger partial charge in [-0.05, 0) is 49.4 Å². The van der Waals surface area contributed by atoms with Gasteiger partial charge in [-0.3, -0.25) is 9.10 Å². The average Bonchev–Trinajstić information content (AvgIpc) is 2.66. The normalized spacial score (nSPS) is 12.3. The highest BCUT2D eigenvalue weighted by Gasteiger charge is 2.27. The first-order chi connectivity index (χ1) is 13.3. The first-order valence-electron chi connectivity index (χ1n) is 8.48.